The maximum absolute atomic E-state index is 5.19. The molecule has 2 aliphatic rings. The van der Waals surface area contributed by atoms with Crippen LogP contribution in [-0.2, 0) is 10.3 Å². The lowest BCUT2D eigenvalue weighted by atomic mass is 10.0. The molecular formula is C10H14N2OS. The van der Waals surface area contributed by atoms with Crippen molar-refractivity contribution in [2.45, 2.75) is 37.0 Å². The van der Waals surface area contributed by atoms with Gasteiger partial charge >= 0.3 is 0 Å². The molecule has 0 bridgehead atoms. The van der Waals surface area contributed by atoms with E-state index in [9.17, 15) is 0 Å². The highest BCUT2D eigenvalue weighted by atomic mass is 32.1. The van der Waals surface area contributed by atoms with E-state index in [-0.39, 0.29) is 5.41 Å². The van der Waals surface area contributed by atoms with Crippen LogP contribution in [0.4, 0.5) is 0 Å². The molecule has 1 aromatic heterocycles. The topological polar surface area (TPSA) is 48.1 Å². The van der Waals surface area contributed by atoms with Gasteiger partial charge < -0.3 is 4.84 Å². The minimum atomic E-state index is 0.244. The van der Waals surface area contributed by atoms with Crippen LogP contribution in [0.2, 0.25) is 0 Å². The molecule has 4 heteroatoms. The molecule has 2 aliphatic carbocycles. The van der Waals surface area contributed by atoms with Gasteiger partial charge in [-0.05, 0) is 25.7 Å². The molecule has 0 aliphatic heterocycles. The quantitative estimate of drug-likeness (QED) is 0.773. The van der Waals surface area contributed by atoms with Gasteiger partial charge in [0, 0.05) is 16.2 Å². The molecule has 0 radical (unpaired) electrons. The van der Waals surface area contributed by atoms with Crippen LogP contribution < -0.4 is 5.90 Å². The summed E-state index contributed by atoms with van der Waals surface area (Å²) in [6.45, 7) is 0.662. The third-order valence-electron chi connectivity index (χ3n) is 3.25. The Morgan fingerprint density at radius 3 is 2.93 bits per heavy atom. The maximum atomic E-state index is 5.19. The Morgan fingerprint density at radius 2 is 2.36 bits per heavy atom. The van der Waals surface area contributed by atoms with Gasteiger partial charge in [0.05, 0.1) is 17.8 Å². The SMILES string of the molecule is NOCC1(c2scnc2C2CC2)CC1. The van der Waals surface area contributed by atoms with Crippen molar-refractivity contribution in [3.8, 4) is 0 Å². The Morgan fingerprint density at radius 1 is 1.57 bits per heavy atom. The second kappa shape index (κ2) is 3.02. The summed E-state index contributed by atoms with van der Waals surface area (Å²) in [5, 5.41) is 0. The van der Waals surface area contributed by atoms with Gasteiger partial charge in [-0.3, -0.25) is 0 Å². The summed E-state index contributed by atoms with van der Waals surface area (Å²) in [4.78, 5) is 10.8. The van der Waals surface area contributed by atoms with E-state index in [1.807, 2.05) is 5.51 Å². The largest absolute Gasteiger partial charge is 0.304 e. The third-order valence-corrected chi connectivity index (χ3v) is 4.34. The van der Waals surface area contributed by atoms with Crippen molar-refractivity contribution in [3.05, 3.63) is 16.1 Å². The molecule has 2 N–H and O–H groups in total. The molecule has 2 fully saturated rings. The van der Waals surface area contributed by atoms with Crippen molar-refractivity contribution in [2.24, 2.45) is 5.90 Å². The van der Waals surface area contributed by atoms with Crippen molar-refractivity contribution < 1.29 is 4.84 Å². The fraction of sp³-hybridized carbons (Fsp3) is 0.700. The van der Waals surface area contributed by atoms with Crippen molar-refractivity contribution in [3.63, 3.8) is 0 Å². The van der Waals surface area contributed by atoms with Crippen LogP contribution in [0.3, 0.4) is 0 Å². The molecule has 1 aromatic rings. The fourth-order valence-corrected chi connectivity index (χ4v) is 3.17. The summed E-state index contributed by atoms with van der Waals surface area (Å²) in [6.07, 6.45) is 5.06. The molecule has 1 heterocycles. The van der Waals surface area contributed by atoms with Crippen LogP contribution in [0.1, 0.15) is 42.2 Å². The lowest BCUT2D eigenvalue weighted by Gasteiger charge is -2.12. The molecule has 0 amide bonds. The van der Waals surface area contributed by atoms with Gasteiger partial charge in [-0.25, -0.2) is 10.9 Å². The molecule has 0 saturated heterocycles. The summed E-state index contributed by atoms with van der Waals surface area (Å²) >= 11 is 1.78. The zero-order chi connectivity index (χ0) is 9.60. The van der Waals surface area contributed by atoms with Gasteiger partial charge in [0.25, 0.3) is 0 Å². The van der Waals surface area contributed by atoms with E-state index in [0.717, 1.165) is 5.92 Å². The highest BCUT2D eigenvalue weighted by Gasteiger charge is 2.49. The normalized spacial score (nSPS) is 23.8. The third kappa shape index (κ3) is 1.29. The zero-order valence-corrected chi connectivity index (χ0v) is 8.85. The standard InChI is InChI=1S/C10H14N2OS/c11-13-5-10(3-4-10)9-8(7-1-2-7)12-6-14-9/h6-7H,1-5,11H2. The number of hydrogen-bond acceptors (Lipinski definition) is 4. The molecule has 2 saturated carbocycles. The van der Waals surface area contributed by atoms with Gasteiger partial charge in [0.1, 0.15) is 0 Å². The van der Waals surface area contributed by atoms with Gasteiger partial charge in [0.15, 0.2) is 0 Å². The molecule has 76 valence electrons. The molecule has 3 rings (SSSR count). The molecule has 0 atom stereocenters. The Balaban J connectivity index is 1.91. The first-order valence-electron chi connectivity index (χ1n) is 5.11. The summed E-state index contributed by atoms with van der Waals surface area (Å²) in [6, 6.07) is 0. The predicted molar refractivity (Wildman–Crippen MR) is 55.1 cm³/mol. The van der Waals surface area contributed by atoms with E-state index in [1.54, 1.807) is 11.3 Å². The number of nitrogens with two attached hydrogens (primary N) is 1. The van der Waals surface area contributed by atoms with Crippen LogP contribution in [0.5, 0.6) is 0 Å². The zero-order valence-electron chi connectivity index (χ0n) is 8.03. The second-order valence-electron chi connectivity index (χ2n) is 4.43. The number of thiazole rings is 1. The minimum Gasteiger partial charge on any atom is -0.304 e. The second-order valence-corrected chi connectivity index (χ2v) is 5.29. The van der Waals surface area contributed by atoms with E-state index in [4.69, 9.17) is 10.7 Å². The smallest absolute Gasteiger partial charge is 0.0798 e. The van der Waals surface area contributed by atoms with E-state index in [0.29, 0.717) is 6.61 Å². The highest BCUT2D eigenvalue weighted by molar-refractivity contribution is 7.10. The molecule has 0 aromatic carbocycles. The van der Waals surface area contributed by atoms with Crippen LogP contribution in [0.15, 0.2) is 5.51 Å². The summed E-state index contributed by atoms with van der Waals surface area (Å²) in [5.41, 5.74) is 3.55. The van der Waals surface area contributed by atoms with Crippen molar-refractivity contribution in [1.29, 1.82) is 0 Å². The van der Waals surface area contributed by atoms with Gasteiger partial charge in [-0.15, -0.1) is 11.3 Å². The fourth-order valence-electron chi connectivity index (χ4n) is 2.05. The Bertz CT molecular complexity index is 342. The van der Waals surface area contributed by atoms with Gasteiger partial charge in [0.2, 0.25) is 0 Å². The minimum absolute atomic E-state index is 0.244. The number of rotatable bonds is 4. The van der Waals surface area contributed by atoms with E-state index in [1.165, 1.54) is 36.3 Å². The van der Waals surface area contributed by atoms with E-state index in [2.05, 4.69) is 4.98 Å². The van der Waals surface area contributed by atoms with Crippen LogP contribution in [0, 0.1) is 0 Å². The molecule has 0 unspecified atom stereocenters. The van der Waals surface area contributed by atoms with Crippen LogP contribution in [-0.4, -0.2) is 11.6 Å². The lowest BCUT2D eigenvalue weighted by molar-refractivity contribution is 0.116. The maximum Gasteiger partial charge on any atom is 0.0798 e. The van der Waals surface area contributed by atoms with Crippen molar-refractivity contribution in [1.82, 2.24) is 4.98 Å². The Kier molecular flexibility index (Phi) is 1.90. The Hall–Kier alpha value is -0.450. The molecule has 14 heavy (non-hydrogen) atoms. The van der Waals surface area contributed by atoms with Crippen molar-refractivity contribution in [2.75, 3.05) is 6.61 Å². The summed E-state index contributed by atoms with van der Waals surface area (Å²) in [5.74, 6) is 5.93. The number of nitrogens with zero attached hydrogens (tertiary/aromatic N) is 1. The molecular weight excluding hydrogens is 196 g/mol. The predicted octanol–water partition coefficient (Wildman–Crippen LogP) is 1.94. The van der Waals surface area contributed by atoms with Crippen LogP contribution in [0.25, 0.3) is 0 Å². The average molecular weight is 210 g/mol. The van der Waals surface area contributed by atoms with E-state index >= 15 is 0 Å². The first-order chi connectivity index (χ1) is 6.86. The number of hydrogen-bond donors (Lipinski definition) is 1. The van der Waals surface area contributed by atoms with Crippen molar-refractivity contribution >= 4 is 11.3 Å². The highest BCUT2D eigenvalue weighted by Crippen LogP contribution is 2.54. The first-order valence-corrected chi connectivity index (χ1v) is 5.99. The molecule has 0 spiro atoms. The summed E-state index contributed by atoms with van der Waals surface area (Å²) < 4.78 is 0. The summed E-state index contributed by atoms with van der Waals surface area (Å²) in [7, 11) is 0. The van der Waals surface area contributed by atoms with Gasteiger partial charge in [-0.2, -0.15) is 0 Å². The first kappa shape index (κ1) is 8.83. The average Bonchev–Trinajstić information content (AvgIpc) is 3.10. The van der Waals surface area contributed by atoms with E-state index < -0.39 is 0 Å². The monoisotopic (exact) mass is 210 g/mol. The number of aromatic nitrogens is 1. The lowest BCUT2D eigenvalue weighted by Crippen LogP contribution is -2.18. The van der Waals surface area contributed by atoms with Crippen LogP contribution >= 0.6 is 11.3 Å². The van der Waals surface area contributed by atoms with Gasteiger partial charge in [-0.1, -0.05) is 0 Å². The Labute approximate surface area is 87.2 Å². The molecule has 3 nitrogen and oxygen atoms in total.